The highest BCUT2D eigenvalue weighted by molar-refractivity contribution is 5.72. The van der Waals surface area contributed by atoms with E-state index in [0.717, 1.165) is 31.2 Å². The molecule has 0 saturated carbocycles. The van der Waals surface area contributed by atoms with Crippen molar-refractivity contribution in [2.45, 2.75) is 70.6 Å². The van der Waals surface area contributed by atoms with Crippen molar-refractivity contribution in [2.24, 2.45) is 0 Å². The third-order valence-electron chi connectivity index (χ3n) is 4.21. The first kappa shape index (κ1) is 21.2. The van der Waals surface area contributed by atoms with Crippen molar-refractivity contribution in [3.63, 3.8) is 0 Å². The number of methoxy groups -OCH3 is 1. The molecule has 1 aromatic rings. The average Bonchev–Trinajstić information content (AvgIpc) is 2.63. The smallest absolute Gasteiger partial charge is 0.310 e. The van der Waals surface area contributed by atoms with Crippen molar-refractivity contribution in [1.29, 1.82) is 0 Å². The van der Waals surface area contributed by atoms with Crippen LogP contribution in [0.4, 0.5) is 0 Å². The summed E-state index contributed by atoms with van der Waals surface area (Å²) in [7, 11) is 1.44. The molecule has 0 aromatic heterocycles. The fourth-order valence-corrected chi connectivity index (χ4v) is 2.71. The van der Waals surface area contributed by atoms with E-state index in [1.165, 1.54) is 39.2 Å². The van der Waals surface area contributed by atoms with Crippen LogP contribution in [0.3, 0.4) is 0 Å². The molecule has 0 aliphatic rings. The zero-order chi connectivity index (χ0) is 18.2. The molecule has 1 rings (SSSR count). The van der Waals surface area contributed by atoms with Crippen LogP contribution in [0.25, 0.3) is 0 Å². The number of carbonyl (C=O) groups is 2. The van der Waals surface area contributed by atoms with Crippen LogP contribution >= 0.6 is 0 Å². The Morgan fingerprint density at radius 2 is 1.32 bits per heavy atom. The van der Waals surface area contributed by atoms with Crippen LogP contribution in [0.5, 0.6) is 0 Å². The number of carbonyl (C=O) groups excluding carboxylic acids is 2. The third kappa shape index (κ3) is 12.2. The standard InChI is InChI=1S/C21H32O4/c1-24-20(22)16-12-7-5-3-2-4-6-8-13-17-25-21(23)18-19-14-10-9-11-15-19/h9-11,14-15H,2-8,12-13,16-18H2,1H3. The predicted molar refractivity (Wildman–Crippen MR) is 99.3 cm³/mol. The van der Waals surface area contributed by atoms with Gasteiger partial charge in [-0.15, -0.1) is 0 Å². The summed E-state index contributed by atoms with van der Waals surface area (Å²) >= 11 is 0. The Morgan fingerprint density at radius 1 is 0.760 bits per heavy atom. The van der Waals surface area contributed by atoms with Gasteiger partial charge in [-0.05, 0) is 18.4 Å². The highest BCUT2D eigenvalue weighted by Crippen LogP contribution is 2.11. The number of esters is 2. The molecular formula is C21H32O4. The number of rotatable bonds is 14. The van der Waals surface area contributed by atoms with Gasteiger partial charge >= 0.3 is 11.9 Å². The molecule has 0 bridgehead atoms. The Morgan fingerprint density at radius 3 is 1.92 bits per heavy atom. The van der Waals surface area contributed by atoms with Crippen LogP contribution in [0.15, 0.2) is 30.3 Å². The second-order valence-electron chi connectivity index (χ2n) is 6.39. The Hall–Kier alpha value is -1.84. The maximum Gasteiger partial charge on any atom is 0.310 e. The first-order chi connectivity index (χ1) is 12.2. The van der Waals surface area contributed by atoms with E-state index in [4.69, 9.17) is 4.74 Å². The topological polar surface area (TPSA) is 52.6 Å². The lowest BCUT2D eigenvalue weighted by atomic mass is 10.1. The first-order valence-corrected chi connectivity index (χ1v) is 9.48. The van der Waals surface area contributed by atoms with E-state index in [9.17, 15) is 9.59 Å². The van der Waals surface area contributed by atoms with Gasteiger partial charge in [0.15, 0.2) is 0 Å². The highest BCUT2D eigenvalue weighted by atomic mass is 16.5. The fourth-order valence-electron chi connectivity index (χ4n) is 2.71. The van der Waals surface area contributed by atoms with E-state index < -0.39 is 0 Å². The summed E-state index contributed by atoms with van der Waals surface area (Å²) in [4.78, 5) is 22.6. The predicted octanol–water partition coefficient (Wildman–Crippen LogP) is 4.85. The van der Waals surface area contributed by atoms with E-state index in [1.807, 2.05) is 30.3 Å². The minimum absolute atomic E-state index is 0.107. The van der Waals surface area contributed by atoms with Gasteiger partial charge in [0.25, 0.3) is 0 Å². The first-order valence-electron chi connectivity index (χ1n) is 9.48. The van der Waals surface area contributed by atoms with E-state index in [-0.39, 0.29) is 11.9 Å². The summed E-state index contributed by atoms with van der Waals surface area (Å²) in [6.45, 7) is 0.527. The Balaban J connectivity index is 1.83. The lowest BCUT2D eigenvalue weighted by Crippen LogP contribution is -2.08. The van der Waals surface area contributed by atoms with E-state index in [1.54, 1.807) is 0 Å². The van der Waals surface area contributed by atoms with Gasteiger partial charge in [-0.2, -0.15) is 0 Å². The zero-order valence-electron chi connectivity index (χ0n) is 15.5. The van der Waals surface area contributed by atoms with E-state index >= 15 is 0 Å². The molecule has 0 saturated heterocycles. The molecule has 140 valence electrons. The summed E-state index contributed by atoms with van der Waals surface area (Å²) in [5.41, 5.74) is 0.999. The van der Waals surface area contributed by atoms with Crippen LogP contribution in [-0.2, 0) is 25.5 Å². The van der Waals surface area contributed by atoms with E-state index in [2.05, 4.69) is 4.74 Å². The molecule has 1 aromatic carbocycles. The molecule has 0 unspecified atom stereocenters. The van der Waals surface area contributed by atoms with Crippen LogP contribution in [-0.4, -0.2) is 25.7 Å². The van der Waals surface area contributed by atoms with Crippen LogP contribution < -0.4 is 0 Å². The molecule has 0 N–H and O–H groups in total. The molecule has 4 heteroatoms. The molecule has 4 nitrogen and oxygen atoms in total. The summed E-state index contributed by atoms with van der Waals surface area (Å²) in [5, 5.41) is 0. The van der Waals surface area contributed by atoms with Gasteiger partial charge in [-0.1, -0.05) is 75.3 Å². The van der Waals surface area contributed by atoms with Crippen LogP contribution in [0.2, 0.25) is 0 Å². The average molecular weight is 348 g/mol. The Labute approximate surface area is 151 Å². The zero-order valence-corrected chi connectivity index (χ0v) is 15.5. The monoisotopic (exact) mass is 348 g/mol. The SMILES string of the molecule is COC(=O)CCCCCCCCCCCOC(=O)Cc1ccccc1. The van der Waals surface area contributed by atoms with Crippen LogP contribution in [0.1, 0.15) is 69.8 Å². The Kier molecular flexibility index (Phi) is 12.3. The summed E-state index contributed by atoms with van der Waals surface area (Å²) in [6.07, 6.45) is 11.1. The van der Waals surface area contributed by atoms with Crippen molar-refractivity contribution >= 4 is 11.9 Å². The largest absolute Gasteiger partial charge is 0.469 e. The molecule has 0 atom stereocenters. The molecule has 0 heterocycles. The molecule has 0 aliphatic carbocycles. The number of hydrogen-bond acceptors (Lipinski definition) is 4. The van der Waals surface area contributed by atoms with E-state index in [0.29, 0.717) is 19.4 Å². The highest BCUT2D eigenvalue weighted by Gasteiger charge is 2.04. The summed E-state index contributed by atoms with van der Waals surface area (Å²) < 4.78 is 9.89. The lowest BCUT2D eigenvalue weighted by molar-refractivity contribution is -0.143. The minimum Gasteiger partial charge on any atom is -0.469 e. The molecule has 25 heavy (non-hydrogen) atoms. The quantitative estimate of drug-likeness (QED) is 0.356. The fraction of sp³-hybridized carbons (Fsp3) is 0.619. The maximum atomic E-state index is 11.7. The molecular weight excluding hydrogens is 316 g/mol. The van der Waals surface area contributed by atoms with Crippen molar-refractivity contribution in [3.8, 4) is 0 Å². The number of ether oxygens (including phenoxy) is 2. The third-order valence-corrected chi connectivity index (χ3v) is 4.21. The normalized spacial score (nSPS) is 10.4. The molecule has 0 spiro atoms. The molecule has 0 aliphatic heterocycles. The van der Waals surface area contributed by atoms with Gasteiger partial charge in [0.05, 0.1) is 20.1 Å². The van der Waals surface area contributed by atoms with Crippen molar-refractivity contribution in [2.75, 3.05) is 13.7 Å². The number of unbranched alkanes of at least 4 members (excludes halogenated alkanes) is 8. The Bertz CT molecular complexity index is 470. The van der Waals surface area contributed by atoms with Crippen molar-refractivity contribution in [1.82, 2.24) is 0 Å². The molecule has 0 radical (unpaired) electrons. The van der Waals surface area contributed by atoms with Gasteiger partial charge in [0.1, 0.15) is 0 Å². The molecule has 0 fully saturated rings. The summed E-state index contributed by atoms with van der Waals surface area (Å²) in [5.74, 6) is -0.248. The second-order valence-corrected chi connectivity index (χ2v) is 6.39. The molecule has 0 amide bonds. The van der Waals surface area contributed by atoms with Gasteiger partial charge in [0.2, 0.25) is 0 Å². The van der Waals surface area contributed by atoms with Crippen molar-refractivity contribution in [3.05, 3.63) is 35.9 Å². The summed E-state index contributed by atoms with van der Waals surface area (Å²) in [6, 6.07) is 9.69. The van der Waals surface area contributed by atoms with Gasteiger partial charge in [-0.25, -0.2) is 0 Å². The lowest BCUT2D eigenvalue weighted by Gasteiger charge is -2.05. The van der Waals surface area contributed by atoms with Crippen molar-refractivity contribution < 1.29 is 19.1 Å². The number of benzene rings is 1. The van der Waals surface area contributed by atoms with Gasteiger partial charge in [-0.3, -0.25) is 9.59 Å². The van der Waals surface area contributed by atoms with Gasteiger partial charge in [0, 0.05) is 6.42 Å². The minimum atomic E-state index is -0.141. The van der Waals surface area contributed by atoms with Gasteiger partial charge < -0.3 is 9.47 Å². The maximum absolute atomic E-state index is 11.7. The number of hydrogen-bond donors (Lipinski definition) is 0. The second kappa shape index (κ2) is 14.5. The van der Waals surface area contributed by atoms with Crippen LogP contribution in [0, 0.1) is 0 Å².